The van der Waals surface area contributed by atoms with Crippen molar-refractivity contribution in [2.45, 2.75) is 57.9 Å². The Hall–Kier alpha value is -0.600. The first-order chi connectivity index (χ1) is 8.39. The van der Waals surface area contributed by atoms with Crippen molar-refractivity contribution in [2.24, 2.45) is 17.6 Å². The van der Waals surface area contributed by atoms with E-state index >= 15 is 0 Å². The minimum atomic E-state index is -0.352. The maximum atomic E-state index is 6.44. The minimum Gasteiger partial charge on any atom is -0.371 e. The van der Waals surface area contributed by atoms with E-state index in [4.69, 9.17) is 10.5 Å². The van der Waals surface area contributed by atoms with E-state index in [0.717, 1.165) is 6.42 Å². The molecule has 3 nitrogen and oxygen atoms in total. The number of hydrogen-bond donors (Lipinski definition) is 2. The molecule has 0 radical (unpaired) electrons. The van der Waals surface area contributed by atoms with Gasteiger partial charge in [-0.1, -0.05) is 34.3 Å². The lowest BCUT2D eigenvalue weighted by atomic mass is 9.79. The lowest BCUT2D eigenvalue weighted by molar-refractivity contribution is -0.00494. The van der Waals surface area contributed by atoms with Gasteiger partial charge in [0.05, 0.1) is 23.8 Å². The van der Waals surface area contributed by atoms with Gasteiger partial charge in [0, 0.05) is 0 Å². The van der Waals surface area contributed by atoms with Gasteiger partial charge in [0.25, 0.3) is 0 Å². The van der Waals surface area contributed by atoms with Crippen LogP contribution in [0.5, 0.6) is 0 Å². The number of nitrogens with two attached hydrogens (primary N) is 1. The van der Waals surface area contributed by atoms with Crippen LogP contribution in [0.1, 0.15) is 34.1 Å². The summed E-state index contributed by atoms with van der Waals surface area (Å²) in [6.45, 7) is 12.4. The van der Waals surface area contributed by atoms with Gasteiger partial charge in [-0.25, -0.2) is 0 Å². The van der Waals surface area contributed by atoms with Crippen LogP contribution in [0.3, 0.4) is 0 Å². The second-order valence-electron chi connectivity index (χ2n) is 6.03. The molecule has 0 aromatic heterocycles. The molecular formula is C15H28N2O. The van der Waals surface area contributed by atoms with Gasteiger partial charge in [-0.2, -0.15) is 0 Å². The van der Waals surface area contributed by atoms with Crippen LogP contribution in [0.15, 0.2) is 18.4 Å². The maximum Gasteiger partial charge on any atom is 0.0883 e. The summed E-state index contributed by atoms with van der Waals surface area (Å²) in [5.74, 6) is 0.972. The van der Waals surface area contributed by atoms with Gasteiger partial charge >= 0.3 is 0 Å². The first-order valence-corrected chi connectivity index (χ1v) is 6.86. The summed E-state index contributed by atoms with van der Waals surface area (Å²) in [6.07, 6.45) is 3.09. The Morgan fingerprint density at radius 3 is 2.44 bits per heavy atom. The number of hydrogen-bond acceptors (Lipinski definition) is 3. The van der Waals surface area contributed by atoms with Gasteiger partial charge in [-0.3, -0.25) is 0 Å². The summed E-state index contributed by atoms with van der Waals surface area (Å²) < 4.78 is 6.22. The molecule has 1 aliphatic rings. The molecule has 1 saturated heterocycles. The predicted molar refractivity (Wildman–Crippen MR) is 76.4 cm³/mol. The molecule has 18 heavy (non-hydrogen) atoms. The highest BCUT2D eigenvalue weighted by Crippen LogP contribution is 2.37. The van der Waals surface area contributed by atoms with Gasteiger partial charge < -0.3 is 15.8 Å². The van der Waals surface area contributed by atoms with E-state index in [0.29, 0.717) is 11.8 Å². The topological polar surface area (TPSA) is 47.3 Å². The molecule has 0 spiro atoms. The lowest BCUT2D eigenvalue weighted by Crippen LogP contribution is -2.61. The molecule has 1 heterocycles. The van der Waals surface area contributed by atoms with Crippen molar-refractivity contribution in [3.8, 4) is 0 Å². The van der Waals surface area contributed by atoms with Crippen LogP contribution in [0, 0.1) is 11.8 Å². The van der Waals surface area contributed by atoms with Crippen LogP contribution in [0.25, 0.3) is 0 Å². The molecule has 1 rings (SSSR count). The first kappa shape index (κ1) is 15.5. The fraction of sp³-hybridized carbons (Fsp3) is 0.800. The van der Waals surface area contributed by atoms with Gasteiger partial charge in [0.2, 0.25) is 0 Å². The highest BCUT2D eigenvalue weighted by molar-refractivity contribution is 5.21. The number of ether oxygens (including phenoxy) is 1. The van der Waals surface area contributed by atoms with E-state index < -0.39 is 0 Å². The van der Waals surface area contributed by atoms with Gasteiger partial charge in [0.15, 0.2) is 0 Å². The van der Waals surface area contributed by atoms with E-state index in [-0.39, 0.29) is 23.8 Å². The second-order valence-corrected chi connectivity index (χ2v) is 6.03. The summed E-state index contributed by atoms with van der Waals surface area (Å²) in [4.78, 5) is 0. The highest BCUT2D eigenvalue weighted by Gasteiger charge is 2.53. The third kappa shape index (κ3) is 2.70. The zero-order valence-electron chi connectivity index (χ0n) is 12.4. The SMILES string of the molecule is C=C=C[C@@]1(NC)[C@H](N)[C@@H](CC(C)C)O[C@H]1C(C)C. The van der Waals surface area contributed by atoms with E-state index in [2.05, 4.69) is 45.3 Å². The third-order valence-corrected chi connectivity index (χ3v) is 3.83. The van der Waals surface area contributed by atoms with Gasteiger partial charge in [-0.15, -0.1) is 5.73 Å². The average Bonchev–Trinajstić information content (AvgIpc) is 2.55. The molecule has 0 unspecified atom stereocenters. The molecule has 0 aromatic rings. The Morgan fingerprint density at radius 2 is 2.06 bits per heavy atom. The highest BCUT2D eigenvalue weighted by atomic mass is 16.5. The van der Waals surface area contributed by atoms with Crippen LogP contribution in [-0.2, 0) is 4.74 Å². The van der Waals surface area contributed by atoms with E-state index in [1.165, 1.54) is 0 Å². The van der Waals surface area contributed by atoms with Gasteiger partial charge in [0.1, 0.15) is 0 Å². The van der Waals surface area contributed by atoms with Crippen LogP contribution in [0.2, 0.25) is 0 Å². The fourth-order valence-corrected chi connectivity index (χ4v) is 2.99. The Bertz CT molecular complexity index is 320. The van der Waals surface area contributed by atoms with E-state index in [1.54, 1.807) is 0 Å². The monoisotopic (exact) mass is 252 g/mol. The molecule has 0 saturated carbocycles. The third-order valence-electron chi connectivity index (χ3n) is 3.83. The Kier molecular flexibility index (Phi) is 5.18. The molecule has 104 valence electrons. The summed E-state index contributed by atoms with van der Waals surface area (Å²) in [5, 5.41) is 3.35. The smallest absolute Gasteiger partial charge is 0.0883 e. The number of likely N-dealkylation sites (N-methyl/N-ethyl adjacent to an activating group) is 1. The first-order valence-electron chi connectivity index (χ1n) is 6.86. The largest absolute Gasteiger partial charge is 0.371 e. The summed E-state index contributed by atoms with van der Waals surface area (Å²) in [6, 6.07) is -0.0634. The Labute approximate surface area is 111 Å². The molecule has 0 aliphatic carbocycles. The quantitative estimate of drug-likeness (QED) is 0.737. The molecular weight excluding hydrogens is 224 g/mol. The summed E-state index contributed by atoms with van der Waals surface area (Å²) in [5.41, 5.74) is 8.99. The van der Waals surface area contributed by atoms with Gasteiger partial charge in [-0.05, 0) is 31.4 Å². The molecule has 0 aromatic carbocycles. The zero-order valence-corrected chi connectivity index (χ0v) is 12.4. The van der Waals surface area contributed by atoms with Crippen molar-refractivity contribution < 1.29 is 4.74 Å². The van der Waals surface area contributed by atoms with Crippen LogP contribution in [-0.4, -0.2) is 30.8 Å². The lowest BCUT2D eigenvalue weighted by Gasteiger charge is -2.35. The van der Waals surface area contributed by atoms with E-state index in [1.807, 2.05) is 13.1 Å². The van der Waals surface area contributed by atoms with Crippen molar-refractivity contribution >= 4 is 0 Å². The standard InChI is InChI=1S/C15H28N2O/c1-7-8-15(17-6)13(16)12(9-10(2)3)18-14(15)11(4)5/h8,10-14,17H,1,9,16H2,2-6H3/t12-,13-,14+,15-/m1/s1. The molecule has 4 atom stereocenters. The molecule has 0 amide bonds. The zero-order chi connectivity index (χ0) is 13.9. The molecule has 1 fully saturated rings. The molecule has 1 aliphatic heterocycles. The second kappa shape index (κ2) is 6.03. The number of nitrogens with one attached hydrogen (secondary N) is 1. The van der Waals surface area contributed by atoms with E-state index in [9.17, 15) is 0 Å². The number of rotatable bonds is 5. The molecule has 3 N–H and O–H groups in total. The van der Waals surface area contributed by atoms with Crippen molar-refractivity contribution in [2.75, 3.05) is 7.05 Å². The van der Waals surface area contributed by atoms with Crippen molar-refractivity contribution in [1.82, 2.24) is 5.32 Å². The van der Waals surface area contributed by atoms with Crippen molar-refractivity contribution in [3.63, 3.8) is 0 Å². The fourth-order valence-electron chi connectivity index (χ4n) is 2.99. The van der Waals surface area contributed by atoms with Crippen molar-refractivity contribution in [3.05, 3.63) is 18.4 Å². The average molecular weight is 252 g/mol. The summed E-state index contributed by atoms with van der Waals surface area (Å²) >= 11 is 0. The Morgan fingerprint density at radius 1 is 1.44 bits per heavy atom. The summed E-state index contributed by atoms with van der Waals surface area (Å²) in [7, 11) is 1.93. The normalized spacial score (nSPS) is 36.1. The molecule has 3 heteroatoms. The van der Waals surface area contributed by atoms with Crippen LogP contribution >= 0.6 is 0 Å². The Balaban J connectivity index is 3.07. The predicted octanol–water partition coefficient (Wildman–Crippen LogP) is 2.08. The van der Waals surface area contributed by atoms with Crippen LogP contribution < -0.4 is 11.1 Å². The minimum absolute atomic E-state index is 0.0634. The maximum absolute atomic E-state index is 6.44. The van der Waals surface area contributed by atoms with Crippen LogP contribution in [0.4, 0.5) is 0 Å². The van der Waals surface area contributed by atoms with Crippen molar-refractivity contribution in [1.29, 1.82) is 0 Å². The molecule has 0 bridgehead atoms.